The molecule has 1 spiro atoms. The van der Waals surface area contributed by atoms with Crippen LogP contribution in [0.5, 0.6) is 0 Å². The fraction of sp³-hybridized carbons (Fsp3) is 0.867. The Balaban J connectivity index is 2.02. The first-order valence-electron chi connectivity index (χ1n) is 7.23. The van der Waals surface area contributed by atoms with Crippen molar-refractivity contribution in [2.45, 2.75) is 69.8 Å². The monoisotopic (exact) mass is 300 g/mol. The minimum absolute atomic E-state index is 0.108. The Hall–Kier alpha value is -0.500. The summed E-state index contributed by atoms with van der Waals surface area (Å²) >= 11 is 0. The van der Waals surface area contributed by atoms with E-state index in [-0.39, 0.29) is 19.3 Å². The zero-order chi connectivity index (χ0) is 15.7. The largest absolute Gasteiger partial charge is 0.377 e. The van der Waals surface area contributed by atoms with Crippen LogP contribution in [0, 0.1) is 0 Å². The molecule has 4 atom stereocenters. The van der Waals surface area contributed by atoms with E-state index in [1.807, 2.05) is 13.8 Å². The molecule has 0 aromatic heterocycles. The molecule has 3 fully saturated rings. The first kappa shape index (κ1) is 15.4. The molecular weight excluding hydrogens is 276 g/mol. The van der Waals surface area contributed by atoms with Gasteiger partial charge in [0.15, 0.2) is 17.2 Å². The Morgan fingerprint density at radius 3 is 2.29 bits per heavy atom. The molecule has 0 radical (unpaired) electrons. The Morgan fingerprint density at radius 2 is 1.76 bits per heavy atom. The molecule has 3 aliphatic heterocycles. The smallest absolute Gasteiger partial charge is 0.231 e. The molecule has 6 nitrogen and oxygen atoms in total. The van der Waals surface area contributed by atoms with Crippen molar-refractivity contribution in [1.82, 2.24) is 0 Å². The van der Waals surface area contributed by atoms with Crippen molar-refractivity contribution in [3.8, 4) is 0 Å². The van der Waals surface area contributed by atoms with Crippen molar-refractivity contribution in [2.24, 2.45) is 0 Å². The molecule has 120 valence electrons. The van der Waals surface area contributed by atoms with Crippen LogP contribution in [0.25, 0.3) is 0 Å². The molecule has 0 aromatic rings. The molecule has 3 heterocycles. The Kier molecular flexibility index (Phi) is 3.14. The van der Waals surface area contributed by atoms with Crippen molar-refractivity contribution in [3.63, 3.8) is 0 Å². The van der Waals surface area contributed by atoms with Crippen molar-refractivity contribution >= 4 is 0 Å². The Labute approximate surface area is 125 Å². The summed E-state index contributed by atoms with van der Waals surface area (Å²) in [5.41, 5.74) is -1.04. The Morgan fingerprint density at radius 1 is 1.10 bits per heavy atom. The second kappa shape index (κ2) is 4.28. The predicted molar refractivity (Wildman–Crippen MR) is 73.4 cm³/mol. The minimum atomic E-state index is -1.54. The number of hydrogen-bond donors (Lipinski definition) is 1. The van der Waals surface area contributed by atoms with Gasteiger partial charge in [-0.05, 0) is 40.2 Å². The van der Waals surface area contributed by atoms with Crippen molar-refractivity contribution in [3.05, 3.63) is 12.2 Å². The second-order valence-electron chi connectivity index (χ2n) is 7.00. The fourth-order valence-corrected chi connectivity index (χ4v) is 3.41. The summed E-state index contributed by atoms with van der Waals surface area (Å²) in [6, 6.07) is 0. The van der Waals surface area contributed by atoms with Gasteiger partial charge >= 0.3 is 0 Å². The van der Waals surface area contributed by atoms with Crippen LogP contribution in [-0.4, -0.2) is 53.5 Å². The van der Waals surface area contributed by atoms with E-state index in [1.165, 1.54) is 0 Å². The highest BCUT2D eigenvalue weighted by atomic mass is 16.9. The van der Waals surface area contributed by atoms with Crippen LogP contribution in [0.15, 0.2) is 12.2 Å². The van der Waals surface area contributed by atoms with Gasteiger partial charge in [0.2, 0.25) is 5.79 Å². The summed E-state index contributed by atoms with van der Waals surface area (Å²) in [5, 5.41) is 11.4. The van der Waals surface area contributed by atoms with E-state index in [2.05, 4.69) is 6.58 Å². The summed E-state index contributed by atoms with van der Waals surface area (Å²) in [6.07, 6.45) is -0.990. The molecule has 0 aliphatic carbocycles. The summed E-state index contributed by atoms with van der Waals surface area (Å²) in [4.78, 5) is 0. The maximum atomic E-state index is 11.4. The van der Waals surface area contributed by atoms with Gasteiger partial charge < -0.3 is 28.8 Å². The lowest BCUT2D eigenvalue weighted by Crippen LogP contribution is -2.71. The lowest BCUT2D eigenvalue weighted by atomic mass is 9.77. The molecule has 0 unspecified atom stereocenters. The molecule has 1 N–H and O–H groups in total. The summed E-state index contributed by atoms with van der Waals surface area (Å²) < 4.78 is 29.2. The maximum Gasteiger partial charge on any atom is 0.231 e. The van der Waals surface area contributed by atoms with Gasteiger partial charge in [0.25, 0.3) is 0 Å². The first-order chi connectivity index (χ1) is 9.52. The standard InChI is InChI=1S/C15H24O6/c1-9(2)15(16)11-10(19-13(5,6)20-11)7-17-14(15)8-18-12(3,4)21-14/h10-11,16H,1,7-8H2,2-6H3/t10-,11-,14+,15-/m1/s1. The number of fused-ring (bicyclic) bond motifs is 1. The van der Waals surface area contributed by atoms with Gasteiger partial charge in [-0.2, -0.15) is 0 Å². The molecule has 0 saturated carbocycles. The third kappa shape index (κ3) is 2.09. The quantitative estimate of drug-likeness (QED) is 0.737. The van der Waals surface area contributed by atoms with Gasteiger partial charge in [-0.25, -0.2) is 0 Å². The highest BCUT2D eigenvalue weighted by Gasteiger charge is 2.71. The summed E-state index contributed by atoms with van der Waals surface area (Å²) in [6.45, 7) is 13.2. The van der Waals surface area contributed by atoms with Gasteiger partial charge in [-0.15, -0.1) is 0 Å². The molecule has 3 rings (SSSR count). The van der Waals surface area contributed by atoms with Crippen molar-refractivity contribution in [2.75, 3.05) is 13.2 Å². The van der Waals surface area contributed by atoms with Gasteiger partial charge in [-0.3, -0.25) is 0 Å². The molecule has 6 heteroatoms. The molecule has 3 aliphatic rings. The SMILES string of the molecule is C=C(C)[C@@]1(O)[C@@H]2OC(C)(C)O[C@@H]2CO[C@]12COC(C)(C)O2. The number of hydrogen-bond acceptors (Lipinski definition) is 6. The predicted octanol–water partition coefficient (Wildman–Crippen LogP) is 1.32. The molecule has 0 amide bonds. The maximum absolute atomic E-state index is 11.4. The van der Waals surface area contributed by atoms with Crippen molar-refractivity contribution < 1.29 is 28.8 Å². The van der Waals surface area contributed by atoms with Gasteiger partial charge in [-0.1, -0.05) is 6.58 Å². The summed E-state index contributed by atoms with van der Waals surface area (Å²) in [5.74, 6) is -2.96. The normalized spacial score (nSPS) is 47.5. The number of rotatable bonds is 1. The van der Waals surface area contributed by atoms with E-state index in [4.69, 9.17) is 23.7 Å². The van der Waals surface area contributed by atoms with E-state index in [0.717, 1.165) is 0 Å². The lowest BCUT2D eigenvalue weighted by Gasteiger charge is -2.50. The lowest BCUT2D eigenvalue weighted by molar-refractivity contribution is -0.355. The fourth-order valence-electron chi connectivity index (χ4n) is 3.41. The first-order valence-corrected chi connectivity index (χ1v) is 7.23. The van der Waals surface area contributed by atoms with E-state index >= 15 is 0 Å². The van der Waals surface area contributed by atoms with Crippen LogP contribution in [0.4, 0.5) is 0 Å². The van der Waals surface area contributed by atoms with Crippen LogP contribution >= 0.6 is 0 Å². The average Bonchev–Trinajstić information content (AvgIpc) is 2.82. The molecule has 21 heavy (non-hydrogen) atoms. The third-order valence-corrected chi connectivity index (χ3v) is 4.33. The van der Waals surface area contributed by atoms with Crippen LogP contribution in [-0.2, 0) is 23.7 Å². The topological polar surface area (TPSA) is 66.4 Å². The highest BCUT2D eigenvalue weighted by molar-refractivity contribution is 5.25. The van der Waals surface area contributed by atoms with E-state index in [0.29, 0.717) is 5.57 Å². The summed E-state index contributed by atoms with van der Waals surface area (Å²) in [7, 11) is 0. The number of ether oxygens (including phenoxy) is 5. The van der Waals surface area contributed by atoms with E-state index < -0.39 is 29.1 Å². The van der Waals surface area contributed by atoms with E-state index in [1.54, 1.807) is 20.8 Å². The zero-order valence-corrected chi connectivity index (χ0v) is 13.3. The molecular formula is C15H24O6. The average molecular weight is 300 g/mol. The van der Waals surface area contributed by atoms with Crippen LogP contribution in [0.2, 0.25) is 0 Å². The molecule has 0 aromatic carbocycles. The molecule has 0 bridgehead atoms. The van der Waals surface area contributed by atoms with Crippen molar-refractivity contribution in [1.29, 1.82) is 0 Å². The van der Waals surface area contributed by atoms with Gasteiger partial charge in [0, 0.05) is 0 Å². The van der Waals surface area contributed by atoms with Crippen LogP contribution in [0.3, 0.4) is 0 Å². The second-order valence-corrected chi connectivity index (χ2v) is 7.00. The minimum Gasteiger partial charge on any atom is -0.377 e. The Bertz CT molecular complexity index is 471. The van der Waals surface area contributed by atoms with Crippen LogP contribution in [0.1, 0.15) is 34.6 Å². The molecule has 3 saturated heterocycles. The number of aliphatic hydroxyl groups is 1. The van der Waals surface area contributed by atoms with Crippen LogP contribution < -0.4 is 0 Å². The highest BCUT2D eigenvalue weighted by Crippen LogP contribution is 2.51. The third-order valence-electron chi connectivity index (χ3n) is 4.33. The van der Waals surface area contributed by atoms with Gasteiger partial charge in [0.1, 0.15) is 18.8 Å². The van der Waals surface area contributed by atoms with Gasteiger partial charge in [0.05, 0.1) is 6.61 Å². The zero-order valence-electron chi connectivity index (χ0n) is 13.3. The van der Waals surface area contributed by atoms with E-state index in [9.17, 15) is 5.11 Å².